The van der Waals surface area contributed by atoms with Gasteiger partial charge in [0.1, 0.15) is 0 Å². The summed E-state index contributed by atoms with van der Waals surface area (Å²) < 4.78 is 61.4. The Kier molecular flexibility index (Phi) is 4.36. The van der Waals surface area contributed by atoms with E-state index in [0.717, 1.165) is 38.0 Å². The van der Waals surface area contributed by atoms with Gasteiger partial charge in [0.25, 0.3) is 0 Å². The van der Waals surface area contributed by atoms with Crippen LogP contribution in [0.15, 0.2) is 18.2 Å². The number of halogens is 3. The maximum Gasteiger partial charge on any atom is 0.516 e. The molecule has 1 aliphatic rings. The Labute approximate surface area is 122 Å². The number of nitrogens with zero attached hydrogens (tertiary/aromatic N) is 1. The average molecular weight is 322 g/mol. The van der Waals surface area contributed by atoms with Gasteiger partial charge in [-0.15, -0.1) is 0 Å². The molecule has 8 heteroatoms. The summed E-state index contributed by atoms with van der Waals surface area (Å²) in [7, 11) is -5.39. The Balaban J connectivity index is 2.27. The topological polar surface area (TPSA) is 49.4 Å². The first-order valence-electron chi connectivity index (χ1n) is 6.65. The summed E-state index contributed by atoms with van der Waals surface area (Å²) in [4.78, 5) is 2.05. The quantitative estimate of drug-likeness (QED) is 0.929. The molecule has 1 fully saturated rings. The fourth-order valence-electron chi connectivity index (χ4n) is 2.27. The van der Waals surface area contributed by atoms with Crippen molar-refractivity contribution < 1.29 is 21.6 Å². The number of alkyl halides is 3. The molecule has 0 saturated carbocycles. The van der Waals surface area contributed by atoms with Crippen LogP contribution in [0.25, 0.3) is 0 Å². The molecule has 0 atom stereocenters. The third-order valence-corrected chi connectivity index (χ3v) is 4.59. The van der Waals surface area contributed by atoms with Crippen LogP contribution in [0.4, 0.5) is 24.5 Å². The highest BCUT2D eigenvalue weighted by molar-refractivity contribution is 7.93. The molecular formula is C13H17F3N2O2S. The molecule has 118 valence electrons. The predicted molar refractivity (Wildman–Crippen MR) is 75.8 cm³/mol. The van der Waals surface area contributed by atoms with Gasteiger partial charge in [0, 0.05) is 18.8 Å². The molecule has 1 saturated heterocycles. The largest absolute Gasteiger partial charge is 0.516 e. The van der Waals surface area contributed by atoms with Crippen molar-refractivity contribution >= 4 is 21.4 Å². The fraction of sp³-hybridized carbons (Fsp3) is 0.538. The second kappa shape index (κ2) is 5.75. The summed E-state index contributed by atoms with van der Waals surface area (Å²) in [5.74, 6) is 0. The van der Waals surface area contributed by atoms with E-state index >= 15 is 0 Å². The molecule has 1 aliphatic heterocycles. The third-order valence-electron chi connectivity index (χ3n) is 3.49. The number of aryl methyl sites for hydroxylation is 1. The van der Waals surface area contributed by atoms with Gasteiger partial charge < -0.3 is 4.90 Å². The monoisotopic (exact) mass is 322 g/mol. The van der Waals surface area contributed by atoms with Gasteiger partial charge >= 0.3 is 15.5 Å². The molecular weight excluding hydrogens is 305 g/mol. The van der Waals surface area contributed by atoms with Crippen LogP contribution in [-0.2, 0) is 10.0 Å². The molecule has 1 aromatic carbocycles. The van der Waals surface area contributed by atoms with Crippen LogP contribution < -0.4 is 9.62 Å². The smallest absolute Gasteiger partial charge is 0.371 e. The first kappa shape index (κ1) is 15.9. The van der Waals surface area contributed by atoms with Crippen LogP contribution in [0.2, 0.25) is 0 Å². The molecule has 0 unspecified atom stereocenters. The van der Waals surface area contributed by atoms with E-state index in [-0.39, 0.29) is 5.69 Å². The Morgan fingerprint density at radius 1 is 1.14 bits per heavy atom. The summed E-state index contributed by atoms with van der Waals surface area (Å²) in [6.07, 6.45) is 3.19. The van der Waals surface area contributed by atoms with Crippen molar-refractivity contribution in [2.24, 2.45) is 0 Å². The van der Waals surface area contributed by atoms with E-state index in [2.05, 4.69) is 0 Å². The summed E-state index contributed by atoms with van der Waals surface area (Å²) in [5, 5.41) is 0. The van der Waals surface area contributed by atoms with Crippen molar-refractivity contribution in [3.63, 3.8) is 0 Å². The zero-order valence-corrected chi connectivity index (χ0v) is 12.4. The predicted octanol–water partition coefficient (Wildman–Crippen LogP) is 3.25. The lowest BCUT2D eigenvalue weighted by atomic mass is 10.1. The molecule has 1 aromatic rings. The molecule has 4 nitrogen and oxygen atoms in total. The van der Waals surface area contributed by atoms with Gasteiger partial charge in [-0.2, -0.15) is 21.6 Å². The third kappa shape index (κ3) is 3.61. The van der Waals surface area contributed by atoms with Crippen LogP contribution in [0, 0.1) is 6.92 Å². The van der Waals surface area contributed by atoms with Crippen molar-refractivity contribution in [2.75, 3.05) is 22.7 Å². The number of piperidine rings is 1. The van der Waals surface area contributed by atoms with E-state index in [4.69, 9.17) is 0 Å². The summed E-state index contributed by atoms with van der Waals surface area (Å²) in [6, 6.07) is 4.88. The van der Waals surface area contributed by atoms with Crippen LogP contribution in [0.3, 0.4) is 0 Å². The second-order valence-electron chi connectivity index (χ2n) is 5.10. The molecule has 0 bridgehead atoms. The molecule has 0 radical (unpaired) electrons. The van der Waals surface area contributed by atoms with E-state index in [9.17, 15) is 21.6 Å². The fourth-order valence-corrected chi connectivity index (χ4v) is 2.90. The van der Waals surface area contributed by atoms with Crippen molar-refractivity contribution in [1.82, 2.24) is 0 Å². The van der Waals surface area contributed by atoms with E-state index in [1.54, 1.807) is 23.8 Å². The van der Waals surface area contributed by atoms with Crippen LogP contribution in [0.1, 0.15) is 24.8 Å². The van der Waals surface area contributed by atoms with Crippen LogP contribution in [-0.4, -0.2) is 27.0 Å². The van der Waals surface area contributed by atoms with E-state index in [1.807, 2.05) is 4.90 Å². The van der Waals surface area contributed by atoms with Crippen molar-refractivity contribution in [3.05, 3.63) is 23.8 Å². The number of nitrogens with one attached hydrogen (secondary N) is 1. The highest BCUT2D eigenvalue weighted by Crippen LogP contribution is 2.30. The Bertz CT molecular complexity index is 608. The first-order chi connectivity index (χ1) is 9.71. The molecule has 0 aliphatic carbocycles. The van der Waals surface area contributed by atoms with E-state index in [0.29, 0.717) is 5.56 Å². The number of hydrogen-bond donors (Lipinski definition) is 1. The molecule has 0 aromatic heterocycles. The summed E-state index contributed by atoms with van der Waals surface area (Å²) >= 11 is 0. The maximum absolute atomic E-state index is 12.4. The molecule has 2 rings (SSSR count). The lowest BCUT2D eigenvalue weighted by Gasteiger charge is -2.29. The summed E-state index contributed by atoms with van der Waals surface area (Å²) in [5.41, 5.74) is -4.17. The SMILES string of the molecule is Cc1ccc(N2CCCCC2)cc1NS(=O)(=O)C(F)(F)F. The van der Waals surface area contributed by atoms with E-state index in [1.165, 1.54) is 6.07 Å². The molecule has 0 amide bonds. The van der Waals surface area contributed by atoms with Gasteiger partial charge in [-0.1, -0.05) is 6.07 Å². The van der Waals surface area contributed by atoms with Gasteiger partial charge in [-0.3, -0.25) is 4.72 Å². The lowest BCUT2D eigenvalue weighted by molar-refractivity contribution is -0.0429. The Morgan fingerprint density at radius 2 is 1.76 bits per heavy atom. The molecule has 1 heterocycles. The number of benzene rings is 1. The maximum atomic E-state index is 12.4. The highest BCUT2D eigenvalue weighted by Gasteiger charge is 2.46. The van der Waals surface area contributed by atoms with Crippen molar-refractivity contribution in [3.8, 4) is 0 Å². The number of rotatable bonds is 3. The van der Waals surface area contributed by atoms with Gasteiger partial charge in [0.2, 0.25) is 0 Å². The number of sulfonamides is 1. The minimum atomic E-state index is -5.39. The molecule has 21 heavy (non-hydrogen) atoms. The van der Waals surface area contributed by atoms with Gasteiger partial charge in [0.05, 0.1) is 5.69 Å². The second-order valence-corrected chi connectivity index (χ2v) is 6.77. The number of hydrogen-bond acceptors (Lipinski definition) is 3. The van der Waals surface area contributed by atoms with Crippen LogP contribution >= 0.6 is 0 Å². The van der Waals surface area contributed by atoms with Crippen molar-refractivity contribution in [1.29, 1.82) is 0 Å². The van der Waals surface area contributed by atoms with Crippen molar-refractivity contribution in [2.45, 2.75) is 31.7 Å². The van der Waals surface area contributed by atoms with Gasteiger partial charge in [-0.05, 0) is 43.9 Å². The molecule has 0 spiro atoms. The Hall–Kier alpha value is -1.44. The minimum absolute atomic E-state index is 0.0320. The zero-order valence-electron chi connectivity index (χ0n) is 11.6. The summed E-state index contributed by atoms with van der Waals surface area (Å²) in [6.45, 7) is 3.22. The lowest BCUT2D eigenvalue weighted by Crippen LogP contribution is -2.31. The molecule has 1 N–H and O–H groups in total. The normalized spacial score (nSPS) is 16.9. The van der Waals surface area contributed by atoms with Gasteiger partial charge in [0.15, 0.2) is 0 Å². The Morgan fingerprint density at radius 3 is 2.33 bits per heavy atom. The van der Waals surface area contributed by atoms with Crippen LogP contribution in [0.5, 0.6) is 0 Å². The minimum Gasteiger partial charge on any atom is -0.371 e. The van der Waals surface area contributed by atoms with E-state index < -0.39 is 15.5 Å². The average Bonchev–Trinajstić information content (AvgIpc) is 2.41. The van der Waals surface area contributed by atoms with Gasteiger partial charge in [-0.25, -0.2) is 0 Å². The number of anilines is 2. The first-order valence-corrected chi connectivity index (χ1v) is 8.14. The highest BCUT2D eigenvalue weighted by atomic mass is 32.2. The standard InChI is InChI=1S/C13H17F3N2O2S/c1-10-5-6-11(18-7-3-2-4-8-18)9-12(10)17-21(19,20)13(14,15)16/h5-6,9,17H,2-4,7-8H2,1H3. The zero-order chi connectivity index (χ0) is 15.7.